The molecule has 0 unspecified atom stereocenters. The molecular formula is C22H17FN2O4. The zero-order valence-corrected chi connectivity index (χ0v) is 15.8. The van der Waals surface area contributed by atoms with Gasteiger partial charge in [-0.3, -0.25) is 0 Å². The molecule has 0 spiro atoms. The number of hydrogen-bond donors (Lipinski definition) is 0. The first kappa shape index (κ1) is 18.6. The van der Waals surface area contributed by atoms with Gasteiger partial charge in [0.2, 0.25) is 11.7 Å². The lowest BCUT2D eigenvalue weighted by molar-refractivity contribution is 0.0245. The number of carbonyl (C=O) groups is 1. The highest BCUT2D eigenvalue weighted by Gasteiger charge is 2.22. The van der Waals surface area contributed by atoms with Gasteiger partial charge in [0.25, 0.3) is 5.89 Å². The zero-order valence-electron chi connectivity index (χ0n) is 15.8. The molecule has 0 aliphatic rings. The van der Waals surface area contributed by atoms with Crippen molar-refractivity contribution in [1.82, 2.24) is 10.2 Å². The van der Waals surface area contributed by atoms with E-state index in [0.29, 0.717) is 5.89 Å². The van der Waals surface area contributed by atoms with E-state index in [4.69, 9.17) is 13.6 Å². The van der Waals surface area contributed by atoms with Crippen LogP contribution in [-0.4, -0.2) is 16.2 Å². The van der Waals surface area contributed by atoms with Crippen LogP contribution >= 0.6 is 0 Å². The number of carbonyl (C=O) groups excluding carboxylic acids is 1. The summed E-state index contributed by atoms with van der Waals surface area (Å²) in [6.07, 6.45) is -0.781. The number of furan rings is 1. The molecule has 0 saturated heterocycles. The summed E-state index contributed by atoms with van der Waals surface area (Å²) < 4.78 is 30.3. The number of aromatic nitrogens is 2. The molecule has 0 bridgehead atoms. The topological polar surface area (TPSA) is 78.4 Å². The van der Waals surface area contributed by atoms with Crippen LogP contribution in [0, 0.1) is 12.7 Å². The number of halogens is 1. The standard InChI is InChI=1S/C22H17FN2O4/c1-13-7-9-15(10-8-13)21-25-24-20(29-21)14(2)27-22(26)19-12-11-18(28-19)16-5-3-4-6-17(16)23/h3-12,14H,1-2H3/t14-/m1/s1. The minimum absolute atomic E-state index is 0.0478. The van der Waals surface area contributed by atoms with E-state index >= 15 is 0 Å². The van der Waals surface area contributed by atoms with Crippen LogP contribution in [0.3, 0.4) is 0 Å². The molecule has 4 aromatic rings. The second-order valence-electron chi connectivity index (χ2n) is 6.50. The van der Waals surface area contributed by atoms with Gasteiger partial charge >= 0.3 is 5.97 Å². The van der Waals surface area contributed by atoms with Gasteiger partial charge in [0.15, 0.2) is 6.10 Å². The Morgan fingerprint density at radius 1 is 1.00 bits per heavy atom. The monoisotopic (exact) mass is 392 g/mol. The Balaban J connectivity index is 1.46. The van der Waals surface area contributed by atoms with Gasteiger partial charge in [0.1, 0.15) is 11.6 Å². The van der Waals surface area contributed by atoms with Crippen molar-refractivity contribution >= 4 is 5.97 Å². The van der Waals surface area contributed by atoms with Crippen molar-refractivity contribution in [3.8, 4) is 22.8 Å². The van der Waals surface area contributed by atoms with Crippen LogP contribution in [0.15, 0.2) is 69.5 Å². The molecule has 2 heterocycles. The van der Waals surface area contributed by atoms with Crippen LogP contribution in [0.2, 0.25) is 0 Å². The van der Waals surface area contributed by atoms with E-state index in [1.54, 1.807) is 25.1 Å². The largest absolute Gasteiger partial charge is 0.449 e. The lowest BCUT2D eigenvalue weighted by atomic mass is 10.1. The fourth-order valence-electron chi connectivity index (χ4n) is 2.73. The third-order valence-electron chi connectivity index (χ3n) is 4.32. The molecule has 0 N–H and O–H groups in total. The van der Waals surface area contributed by atoms with Gasteiger partial charge in [-0.2, -0.15) is 0 Å². The molecule has 2 aromatic heterocycles. The van der Waals surface area contributed by atoms with Gasteiger partial charge in [-0.05, 0) is 50.2 Å². The molecular weight excluding hydrogens is 375 g/mol. The average molecular weight is 392 g/mol. The van der Waals surface area contributed by atoms with Crippen molar-refractivity contribution in [3.05, 3.63) is 83.7 Å². The van der Waals surface area contributed by atoms with Crippen LogP contribution < -0.4 is 0 Å². The predicted molar refractivity (Wildman–Crippen MR) is 102 cm³/mol. The number of esters is 1. The predicted octanol–water partition coefficient (Wildman–Crippen LogP) is 5.36. The van der Waals surface area contributed by atoms with E-state index in [1.807, 2.05) is 31.2 Å². The Morgan fingerprint density at radius 2 is 1.76 bits per heavy atom. The molecule has 0 aliphatic carbocycles. The Hall–Kier alpha value is -3.74. The first-order valence-electron chi connectivity index (χ1n) is 8.97. The highest BCUT2D eigenvalue weighted by molar-refractivity contribution is 5.87. The lowest BCUT2D eigenvalue weighted by Crippen LogP contribution is -2.08. The van der Waals surface area contributed by atoms with Crippen molar-refractivity contribution < 1.29 is 22.8 Å². The second-order valence-corrected chi connectivity index (χ2v) is 6.50. The van der Waals surface area contributed by atoms with E-state index < -0.39 is 17.9 Å². The number of aryl methyl sites for hydroxylation is 1. The summed E-state index contributed by atoms with van der Waals surface area (Å²) in [6, 6.07) is 16.7. The van der Waals surface area contributed by atoms with Crippen LogP contribution in [-0.2, 0) is 4.74 Å². The molecule has 0 aliphatic heterocycles. The fraction of sp³-hybridized carbons (Fsp3) is 0.136. The van der Waals surface area contributed by atoms with E-state index in [1.165, 1.54) is 18.2 Å². The van der Waals surface area contributed by atoms with E-state index in [2.05, 4.69) is 10.2 Å². The first-order chi connectivity index (χ1) is 14.0. The molecule has 0 amide bonds. The number of rotatable bonds is 5. The van der Waals surface area contributed by atoms with Crippen molar-refractivity contribution in [1.29, 1.82) is 0 Å². The Bertz CT molecular complexity index is 1150. The molecule has 146 valence electrons. The smallest absolute Gasteiger partial charge is 0.375 e. The number of ether oxygens (including phenoxy) is 1. The van der Waals surface area contributed by atoms with Gasteiger partial charge in [-0.15, -0.1) is 10.2 Å². The molecule has 6 nitrogen and oxygen atoms in total. The Morgan fingerprint density at radius 3 is 2.52 bits per heavy atom. The van der Waals surface area contributed by atoms with Crippen LogP contribution in [0.1, 0.15) is 35.0 Å². The van der Waals surface area contributed by atoms with Gasteiger partial charge in [0.05, 0.1) is 5.56 Å². The Kier molecular flexibility index (Phi) is 4.95. The Labute approximate surface area is 165 Å². The number of benzene rings is 2. The lowest BCUT2D eigenvalue weighted by Gasteiger charge is -2.07. The third kappa shape index (κ3) is 3.94. The summed E-state index contributed by atoms with van der Waals surface area (Å²) >= 11 is 0. The van der Waals surface area contributed by atoms with Crippen molar-refractivity contribution in [2.75, 3.05) is 0 Å². The van der Waals surface area contributed by atoms with Crippen molar-refractivity contribution in [3.63, 3.8) is 0 Å². The molecule has 7 heteroatoms. The molecule has 29 heavy (non-hydrogen) atoms. The summed E-state index contributed by atoms with van der Waals surface area (Å²) in [5, 5.41) is 7.95. The quantitative estimate of drug-likeness (QED) is 0.425. The molecule has 0 radical (unpaired) electrons. The summed E-state index contributed by atoms with van der Waals surface area (Å²) in [4.78, 5) is 12.4. The average Bonchev–Trinajstić information content (AvgIpc) is 3.39. The summed E-state index contributed by atoms with van der Waals surface area (Å²) in [5.74, 6) is -0.465. The SMILES string of the molecule is Cc1ccc(-c2nnc([C@@H](C)OC(=O)c3ccc(-c4ccccc4F)o3)o2)cc1. The highest BCUT2D eigenvalue weighted by atomic mass is 19.1. The minimum atomic E-state index is -0.781. The van der Waals surface area contributed by atoms with Crippen LogP contribution in [0.5, 0.6) is 0 Å². The second kappa shape index (κ2) is 7.71. The zero-order chi connectivity index (χ0) is 20.4. The number of hydrogen-bond acceptors (Lipinski definition) is 6. The van der Waals surface area contributed by atoms with Gasteiger partial charge in [-0.25, -0.2) is 9.18 Å². The minimum Gasteiger partial charge on any atom is -0.449 e. The molecule has 0 fully saturated rings. The van der Waals surface area contributed by atoms with E-state index in [0.717, 1.165) is 11.1 Å². The van der Waals surface area contributed by atoms with E-state index in [-0.39, 0.29) is 23.0 Å². The fourth-order valence-corrected chi connectivity index (χ4v) is 2.73. The third-order valence-corrected chi connectivity index (χ3v) is 4.32. The van der Waals surface area contributed by atoms with Crippen molar-refractivity contribution in [2.24, 2.45) is 0 Å². The normalized spacial score (nSPS) is 12.0. The molecule has 2 aromatic carbocycles. The van der Waals surface area contributed by atoms with Gasteiger partial charge in [0, 0.05) is 5.56 Å². The maximum atomic E-state index is 13.9. The van der Waals surface area contributed by atoms with E-state index in [9.17, 15) is 9.18 Å². The molecule has 1 atom stereocenters. The number of nitrogens with zero attached hydrogens (tertiary/aromatic N) is 2. The summed E-state index contributed by atoms with van der Waals surface area (Å²) in [5.41, 5.74) is 2.15. The summed E-state index contributed by atoms with van der Waals surface area (Å²) in [6.45, 7) is 3.60. The maximum absolute atomic E-state index is 13.9. The van der Waals surface area contributed by atoms with Gasteiger partial charge in [-0.1, -0.05) is 29.8 Å². The van der Waals surface area contributed by atoms with Crippen LogP contribution in [0.4, 0.5) is 4.39 Å². The first-order valence-corrected chi connectivity index (χ1v) is 8.97. The van der Waals surface area contributed by atoms with Crippen LogP contribution in [0.25, 0.3) is 22.8 Å². The molecule has 4 rings (SSSR count). The van der Waals surface area contributed by atoms with Crippen molar-refractivity contribution in [2.45, 2.75) is 20.0 Å². The maximum Gasteiger partial charge on any atom is 0.375 e. The molecule has 0 saturated carbocycles. The summed E-state index contributed by atoms with van der Waals surface area (Å²) in [7, 11) is 0. The highest BCUT2D eigenvalue weighted by Crippen LogP contribution is 2.27. The van der Waals surface area contributed by atoms with Gasteiger partial charge < -0.3 is 13.6 Å².